The molecule has 7 rings (SSSR count). The van der Waals surface area contributed by atoms with Crippen LogP contribution in [0.2, 0.25) is 0 Å². The predicted octanol–water partition coefficient (Wildman–Crippen LogP) is 6.51. The fourth-order valence-corrected chi connectivity index (χ4v) is 5.61. The molecule has 0 amide bonds. The average molecular weight is 519 g/mol. The van der Waals surface area contributed by atoms with Crippen molar-refractivity contribution in [1.29, 1.82) is 0 Å². The van der Waals surface area contributed by atoms with E-state index < -0.39 is 0 Å². The van der Waals surface area contributed by atoms with Gasteiger partial charge in [-0.25, -0.2) is 0 Å². The number of hydrogen-bond donors (Lipinski definition) is 0. The lowest BCUT2D eigenvalue weighted by molar-refractivity contribution is 0.119. The van der Waals surface area contributed by atoms with Gasteiger partial charge in [-0.3, -0.25) is 0 Å². The highest BCUT2D eigenvalue weighted by molar-refractivity contribution is 5.93. The largest absolute Gasteiger partial charge is 0.378 e. The van der Waals surface area contributed by atoms with Gasteiger partial charge in [0.1, 0.15) is 12.2 Å². The van der Waals surface area contributed by atoms with Crippen molar-refractivity contribution in [1.82, 2.24) is 0 Å². The molecule has 198 valence electrons. The Balaban J connectivity index is 1.15. The van der Waals surface area contributed by atoms with Gasteiger partial charge in [-0.1, -0.05) is 84.9 Å². The third kappa shape index (κ3) is 5.70. The molecule has 4 aromatic carbocycles. The first kappa shape index (κ1) is 24.7. The quantitative estimate of drug-likeness (QED) is 0.140. The van der Waals surface area contributed by atoms with Crippen LogP contribution >= 0.6 is 0 Å². The Kier molecular flexibility index (Phi) is 7.02. The van der Waals surface area contributed by atoms with Crippen LogP contribution < -0.4 is 0 Å². The first-order valence-electron chi connectivity index (χ1n) is 14.1. The van der Waals surface area contributed by atoms with Crippen LogP contribution in [0.25, 0.3) is 33.4 Å². The molecule has 2 fully saturated rings. The van der Waals surface area contributed by atoms with E-state index in [0.29, 0.717) is 25.4 Å². The van der Waals surface area contributed by atoms with E-state index in [1.807, 2.05) is 0 Å². The van der Waals surface area contributed by atoms with E-state index in [4.69, 9.17) is 18.9 Å². The van der Waals surface area contributed by atoms with Gasteiger partial charge in [0.25, 0.3) is 0 Å². The Bertz CT molecular complexity index is 1430. The molecule has 4 heteroatoms. The molecule has 0 radical (unpaired) electrons. The zero-order chi connectivity index (χ0) is 26.0. The minimum atomic E-state index is 0.319. The van der Waals surface area contributed by atoms with Crippen molar-refractivity contribution in [2.75, 3.05) is 39.6 Å². The maximum absolute atomic E-state index is 5.76. The second-order valence-electron chi connectivity index (χ2n) is 10.8. The minimum Gasteiger partial charge on any atom is -0.378 e. The zero-order valence-electron chi connectivity index (χ0n) is 22.2. The Morgan fingerprint density at radius 1 is 0.590 bits per heavy atom. The summed E-state index contributed by atoms with van der Waals surface area (Å²) in [4.78, 5) is 0. The summed E-state index contributed by atoms with van der Waals surface area (Å²) in [6.07, 6.45) is 3.43. The van der Waals surface area contributed by atoms with Crippen molar-refractivity contribution in [3.8, 4) is 33.4 Å². The molecule has 0 bridgehead atoms. The van der Waals surface area contributed by atoms with E-state index in [1.165, 1.54) is 55.6 Å². The molecule has 0 spiro atoms. The summed E-state index contributed by atoms with van der Waals surface area (Å²) in [5, 5.41) is 0. The molecule has 1 aliphatic carbocycles. The predicted molar refractivity (Wildman–Crippen MR) is 154 cm³/mol. The Hall–Kier alpha value is -3.28. The highest BCUT2D eigenvalue weighted by Crippen LogP contribution is 2.46. The molecule has 4 nitrogen and oxygen atoms in total. The highest BCUT2D eigenvalue weighted by Gasteiger charge is 2.25. The number of fused-ring (bicyclic) bond motifs is 3. The summed E-state index contributed by atoms with van der Waals surface area (Å²) >= 11 is 0. The van der Waals surface area contributed by atoms with Crippen LogP contribution in [0.5, 0.6) is 0 Å². The zero-order valence-corrected chi connectivity index (χ0v) is 22.2. The number of benzene rings is 4. The third-order valence-electron chi connectivity index (χ3n) is 7.98. The maximum Gasteiger partial charge on any atom is 0.104 e. The van der Waals surface area contributed by atoms with E-state index in [1.54, 1.807) is 0 Å². The van der Waals surface area contributed by atoms with Gasteiger partial charge in [0.2, 0.25) is 0 Å². The van der Waals surface area contributed by atoms with Crippen LogP contribution in [0, 0.1) is 0 Å². The molecule has 2 unspecified atom stereocenters. The summed E-state index contributed by atoms with van der Waals surface area (Å²) in [6, 6.07) is 31.6. The van der Waals surface area contributed by atoms with E-state index in [9.17, 15) is 0 Å². The smallest absolute Gasteiger partial charge is 0.104 e. The monoisotopic (exact) mass is 518 g/mol. The first-order chi connectivity index (χ1) is 19.3. The van der Waals surface area contributed by atoms with Crippen molar-refractivity contribution in [2.45, 2.75) is 31.5 Å². The molecule has 0 aromatic heterocycles. The van der Waals surface area contributed by atoms with E-state index in [0.717, 1.165) is 45.7 Å². The standard InChI is InChI=1S/C35H34O4/c1-2-4-31-28(3-1)19-34-33(31)14-13-32(26-9-5-24(6-10-26)15-17-36-20-29-22-38-29)35(34)27-11-7-25(8-12-27)16-18-37-21-30-23-39-30/h1-14,29-30H,15-23H2. The topological polar surface area (TPSA) is 43.5 Å². The Morgan fingerprint density at radius 3 is 1.77 bits per heavy atom. The second kappa shape index (κ2) is 11.1. The summed E-state index contributed by atoms with van der Waals surface area (Å²) < 4.78 is 22.0. The first-order valence-corrected chi connectivity index (χ1v) is 14.1. The number of epoxide rings is 2. The van der Waals surface area contributed by atoms with Crippen LogP contribution in [0.15, 0.2) is 84.9 Å². The van der Waals surface area contributed by atoms with Gasteiger partial charge in [0, 0.05) is 0 Å². The van der Waals surface area contributed by atoms with Crippen molar-refractivity contribution in [3.63, 3.8) is 0 Å². The lowest BCUT2D eigenvalue weighted by Gasteiger charge is -2.17. The van der Waals surface area contributed by atoms with Gasteiger partial charge in [0.15, 0.2) is 0 Å². The highest BCUT2D eigenvalue weighted by atomic mass is 16.6. The van der Waals surface area contributed by atoms with Crippen LogP contribution in [0.4, 0.5) is 0 Å². The normalized spacial score (nSPS) is 18.6. The van der Waals surface area contributed by atoms with Crippen molar-refractivity contribution in [3.05, 3.63) is 107 Å². The molecule has 0 N–H and O–H groups in total. The lowest BCUT2D eigenvalue weighted by atomic mass is 9.87. The molecule has 3 aliphatic rings. The summed E-state index contributed by atoms with van der Waals surface area (Å²) in [5.74, 6) is 0. The van der Waals surface area contributed by atoms with Crippen molar-refractivity contribution < 1.29 is 18.9 Å². The van der Waals surface area contributed by atoms with Gasteiger partial charge in [-0.05, 0) is 74.9 Å². The molecule has 2 aliphatic heterocycles. The second-order valence-corrected chi connectivity index (χ2v) is 10.8. The summed E-state index contributed by atoms with van der Waals surface area (Å²) in [6.45, 7) is 4.56. The van der Waals surface area contributed by atoms with Crippen LogP contribution in [-0.2, 0) is 38.2 Å². The lowest BCUT2D eigenvalue weighted by Crippen LogP contribution is -2.05. The van der Waals surface area contributed by atoms with Gasteiger partial charge < -0.3 is 18.9 Å². The van der Waals surface area contributed by atoms with Crippen LogP contribution in [0.3, 0.4) is 0 Å². The van der Waals surface area contributed by atoms with Gasteiger partial charge in [-0.15, -0.1) is 0 Å². The summed E-state index contributed by atoms with van der Waals surface area (Å²) in [5.41, 5.74) is 13.3. The Morgan fingerprint density at radius 2 is 1.15 bits per heavy atom. The fourth-order valence-electron chi connectivity index (χ4n) is 5.61. The van der Waals surface area contributed by atoms with E-state index >= 15 is 0 Å². The molecule has 2 saturated heterocycles. The SMILES string of the molecule is c1ccc2c(c1)Cc1c-2ccc(-c2ccc(CCOCC3CO3)cc2)c1-c1ccc(CCOCC2CO2)cc1. The van der Waals surface area contributed by atoms with E-state index in [2.05, 4.69) is 84.9 Å². The van der Waals surface area contributed by atoms with Crippen LogP contribution in [-0.4, -0.2) is 51.8 Å². The van der Waals surface area contributed by atoms with Crippen LogP contribution in [0.1, 0.15) is 22.3 Å². The maximum atomic E-state index is 5.76. The minimum absolute atomic E-state index is 0.319. The fraction of sp³-hybridized carbons (Fsp3) is 0.314. The van der Waals surface area contributed by atoms with E-state index in [-0.39, 0.29) is 0 Å². The number of rotatable bonds is 12. The average Bonchev–Trinajstić information content (AvgIpc) is 3.92. The van der Waals surface area contributed by atoms with Gasteiger partial charge in [-0.2, -0.15) is 0 Å². The molecule has 0 saturated carbocycles. The Labute approximate surface area is 230 Å². The van der Waals surface area contributed by atoms with Gasteiger partial charge in [0.05, 0.1) is 39.6 Å². The van der Waals surface area contributed by atoms with Crippen molar-refractivity contribution in [2.24, 2.45) is 0 Å². The summed E-state index contributed by atoms with van der Waals surface area (Å²) in [7, 11) is 0. The molecular formula is C35H34O4. The molecule has 39 heavy (non-hydrogen) atoms. The number of hydrogen-bond acceptors (Lipinski definition) is 4. The van der Waals surface area contributed by atoms with Crippen molar-refractivity contribution >= 4 is 0 Å². The molecule has 2 heterocycles. The molecule has 4 aromatic rings. The van der Waals surface area contributed by atoms with Gasteiger partial charge >= 0.3 is 0 Å². The molecular weight excluding hydrogens is 484 g/mol. The number of ether oxygens (including phenoxy) is 4. The molecule has 2 atom stereocenters. The third-order valence-corrected chi connectivity index (χ3v) is 7.98.